The predicted molar refractivity (Wildman–Crippen MR) is 72.7 cm³/mol. The Kier molecular flexibility index (Phi) is 5.01. The number of hydrogen-bond acceptors (Lipinski definition) is 2. The summed E-state index contributed by atoms with van der Waals surface area (Å²) in [7, 11) is 1.74. The molecule has 1 aromatic rings. The number of hydrogen-bond donors (Lipinski definition) is 0. The highest BCUT2D eigenvalue weighted by atomic mass is 79.9. The SMILES string of the molecule is COCCc1ccc(C(Br)C2CCCO2)cc1. The first-order valence-corrected chi connectivity index (χ1v) is 7.06. The average Bonchev–Trinajstić information content (AvgIpc) is 2.90. The van der Waals surface area contributed by atoms with Crippen molar-refractivity contribution in [3.8, 4) is 0 Å². The fourth-order valence-corrected chi connectivity index (χ4v) is 2.86. The van der Waals surface area contributed by atoms with E-state index in [1.54, 1.807) is 7.11 Å². The monoisotopic (exact) mass is 298 g/mol. The van der Waals surface area contributed by atoms with E-state index in [0.717, 1.165) is 26.1 Å². The molecule has 0 amide bonds. The Labute approximate surface area is 111 Å². The van der Waals surface area contributed by atoms with Crippen LogP contribution in [-0.2, 0) is 15.9 Å². The molecule has 1 saturated heterocycles. The molecule has 1 aliphatic rings. The first kappa shape index (κ1) is 13.1. The van der Waals surface area contributed by atoms with Gasteiger partial charge in [0.15, 0.2) is 0 Å². The Bertz CT molecular complexity index is 331. The Balaban J connectivity index is 1.96. The summed E-state index contributed by atoms with van der Waals surface area (Å²) in [6, 6.07) is 8.73. The second-order valence-corrected chi connectivity index (χ2v) is 5.42. The Morgan fingerprint density at radius 1 is 1.41 bits per heavy atom. The van der Waals surface area contributed by atoms with Crippen molar-refractivity contribution in [1.29, 1.82) is 0 Å². The molecule has 2 unspecified atom stereocenters. The molecule has 0 aliphatic carbocycles. The van der Waals surface area contributed by atoms with Crippen molar-refractivity contribution < 1.29 is 9.47 Å². The Morgan fingerprint density at radius 2 is 2.18 bits per heavy atom. The van der Waals surface area contributed by atoms with Gasteiger partial charge in [-0.3, -0.25) is 0 Å². The summed E-state index contributed by atoms with van der Waals surface area (Å²) in [6.45, 7) is 1.68. The highest BCUT2D eigenvalue weighted by molar-refractivity contribution is 9.09. The minimum absolute atomic E-state index is 0.321. The van der Waals surface area contributed by atoms with Gasteiger partial charge in [0.25, 0.3) is 0 Å². The van der Waals surface area contributed by atoms with Crippen LogP contribution in [0.1, 0.15) is 28.8 Å². The highest BCUT2D eigenvalue weighted by Gasteiger charge is 2.24. The molecule has 0 saturated carbocycles. The average molecular weight is 299 g/mol. The molecule has 3 heteroatoms. The van der Waals surface area contributed by atoms with Crippen molar-refractivity contribution in [2.75, 3.05) is 20.3 Å². The van der Waals surface area contributed by atoms with E-state index in [2.05, 4.69) is 40.2 Å². The summed E-state index contributed by atoms with van der Waals surface area (Å²) in [5.74, 6) is 0. The van der Waals surface area contributed by atoms with E-state index in [1.807, 2.05) is 0 Å². The van der Waals surface area contributed by atoms with Crippen LogP contribution in [0.5, 0.6) is 0 Å². The number of halogens is 1. The molecule has 1 fully saturated rings. The second kappa shape index (κ2) is 6.53. The molecule has 1 aromatic carbocycles. The molecule has 0 bridgehead atoms. The van der Waals surface area contributed by atoms with Gasteiger partial charge >= 0.3 is 0 Å². The van der Waals surface area contributed by atoms with E-state index >= 15 is 0 Å². The van der Waals surface area contributed by atoms with Crippen LogP contribution >= 0.6 is 15.9 Å². The zero-order valence-corrected chi connectivity index (χ0v) is 11.8. The first-order valence-electron chi connectivity index (χ1n) is 6.14. The van der Waals surface area contributed by atoms with Gasteiger partial charge in [-0.05, 0) is 30.4 Å². The first-order chi connectivity index (χ1) is 8.31. The van der Waals surface area contributed by atoms with Crippen LogP contribution in [-0.4, -0.2) is 26.4 Å². The Hall–Kier alpha value is -0.380. The van der Waals surface area contributed by atoms with Crippen molar-refractivity contribution >= 4 is 15.9 Å². The fourth-order valence-electron chi connectivity index (χ4n) is 2.14. The van der Waals surface area contributed by atoms with Crippen LogP contribution in [0.4, 0.5) is 0 Å². The third kappa shape index (κ3) is 3.54. The maximum atomic E-state index is 5.70. The van der Waals surface area contributed by atoms with Gasteiger partial charge in [-0.2, -0.15) is 0 Å². The maximum Gasteiger partial charge on any atom is 0.0741 e. The third-order valence-corrected chi connectivity index (χ3v) is 4.30. The third-order valence-electron chi connectivity index (χ3n) is 3.18. The van der Waals surface area contributed by atoms with Crippen molar-refractivity contribution in [2.45, 2.75) is 30.2 Å². The second-order valence-electron chi connectivity index (χ2n) is 4.44. The highest BCUT2D eigenvalue weighted by Crippen LogP contribution is 2.33. The number of alkyl halides is 1. The number of rotatable bonds is 5. The quantitative estimate of drug-likeness (QED) is 0.775. The summed E-state index contributed by atoms with van der Waals surface area (Å²) in [5.41, 5.74) is 2.63. The largest absolute Gasteiger partial charge is 0.384 e. The molecule has 2 rings (SSSR count). The normalized spacial score (nSPS) is 21.6. The van der Waals surface area contributed by atoms with Gasteiger partial charge in [-0.1, -0.05) is 40.2 Å². The molecule has 0 aromatic heterocycles. The predicted octanol–water partition coefficient (Wildman–Crippen LogP) is 3.49. The van der Waals surface area contributed by atoms with Gasteiger partial charge in [-0.15, -0.1) is 0 Å². The molecule has 1 heterocycles. The lowest BCUT2D eigenvalue weighted by atomic mass is 10.0. The minimum atomic E-state index is 0.321. The van der Waals surface area contributed by atoms with Crippen molar-refractivity contribution in [2.24, 2.45) is 0 Å². The summed E-state index contributed by atoms with van der Waals surface area (Å²) >= 11 is 3.74. The summed E-state index contributed by atoms with van der Waals surface area (Å²) in [5, 5.41) is 0. The van der Waals surface area contributed by atoms with Gasteiger partial charge in [0.2, 0.25) is 0 Å². The summed E-state index contributed by atoms with van der Waals surface area (Å²) < 4.78 is 10.8. The molecule has 2 atom stereocenters. The van der Waals surface area contributed by atoms with Gasteiger partial charge in [0, 0.05) is 13.7 Å². The van der Waals surface area contributed by atoms with Crippen molar-refractivity contribution in [1.82, 2.24) is 0 Å². The topological polar surface area (TPSA) is 18.5 Å². The molecule has 0 radical (unpaired) electrons. The van der Waals surface area contributed by atoms with E-state index in [0.29, 0.717) is 10.9 Å². The van der Waals surface area contributed by atoms with Crippen LogP contribution in [0.15, 0.2) is 24.3 Å². The fraction of sp³-hybridized carbons (Fsp3) is 0.571. The van der Waals surface area contributed by atoms with Crippen LogP contribution < -0.4 is 0 Å². The standard InChI is InChI=1S/C14H19BrO2/c1-16-10-8-11-4-6-12(7-5-11)14(15)13-3-2-9-17-13/h4-7,13-14H,2-3,8-10H2,1H3. The van der Waals surface area contributed by atoms with Gasteiger partial charge in [-0.25, -0.2) is 0 Å². The zero-order chi connectivity index (χ0) is 12.1. The summed E-state index contributed by atoms with van der Waals surface area (Å²) in [4.78, 5) is 0.321. The molecule has 94 valence electrons. The number of ether oxygens (including phenoxy) is 2. The number of methoxy groups -OCH3 is 1. The molecular formula is C14H19BrO2. The zero-order valence-electron chi connectivity index (χ0n) is 10.2. The number of benzene rings is 1. The van der Waals surface area contributed by atoms with Crippen LogP contribution in [0, 0.1) is 0 Å². The molecule has 0 spiro atoms. The van der Waals surface area contributed by atoms with Crippen LogP contribution in [0.3, 0.4) is 0 Å². The van der Waals surface area contributed by atoms with E-state index in [-0.39, 0.29) is 0 Å². The van der Waals surface area contributed by atoms with E-state index in [4.69, 9.17) is 9.47 Å². The van der Waals surface area contributed by atoms with Gasteiger partial charge in [0.05, 0.1) is 17.5 Å². The van der Waals surface area contributed by atoms with Gasteiger partial charge < -0.3 is 9.47 Å². The van der Waals surface area contributed by atoms with Crippen LogP contribution in [0.25, 0.3) is 0 Å². The lowest BCUT2D eigenvalue weighted by molar-refractivity contribution is 0.110. The summed E-state index contributed by atoms with van der Waals surface area (Å²) in [6.07, 6.45) is 3.64. The van der Waals surface area contributed by atoms with Crippen molar-refractivity contribution in [3.05, 3.63) is 35.4 Å². The minimum Gasteiger partial charge on any atom is -0.384 e. The van der Waals surface area contributed by atoms with Crippen LogP contribution in [0.2, 0.25) is 0 Å². The smallest absolute Gasteiger partial charge is 0.0741 e. The maximum absolute atomic E-state index is 5.70. The molecular weight excluding hydrogens is 280 g/mol. The van der Waals surface area contributed by atoms with Gasteiger partial charge in [0.1, 0.15) is 0 Å². The van der Waals surface area contributed by atoms with Crippen molar-refractivity contribution in [3.63, 3.8) is 0 Å². The lowest BCUT2D eigenvalue weighted by Gasteiger charge is -2.17. The molecule has 2 nitrogen and oxygen atoms in total. The molecule has 0 N–H and O–H groups in total. The van der Waals surface area contributed by atoms with E-state index in [9.17, 15) is 0 Å². The molecule has 17 heavy (non-hydrogen) atoms. The molecule has 1 aliphatic heterocycles. The lowest BCUT2D eigenvalue weighted by Crippen LogP contribution is -2.12. The van der Waals surface area contributed by atoms with E-state index < -0.39 is 0 Å². The van der Waals surface area contributed by atoms with E-state index in [1.165, 1.54) is 17.5 Å². The Morgan fingerprint density at radius 3 is 2.76 bits per heavy atom.